The fourth-order valence-electron chi connectivity index (χ4n) is 2.22. The molecule has 0 spiro atoms. The van der Waals surface area contributed by atoms with E-state index in [4.69, 9.17) is 5.73 Å². The number of pyridine rings is 1. The molecule has 0 aliphatic carbocycles. The Morgan fingerprint density at radius 1 is 1.16 bits per heavy atom. The minimum absolute atomic E-state index is 0.220. The first-order chi connectivity index (χ1) is 9.13. The van der Waals surface area contributed by atoms with Gasteiger partial charge in [-0.05, 0) is 36.2 Å². The molecule has 0 saturated heterocycles. The molecule has 96 valence electrons. The zero-order valence-corrected chi connectivity index (χ0v) is 10.6. The Bertz CT molecular complexity index is 729. The predicted octanol–water partition coefficient (Wildman–Crippen LogP) is 2.95. The molecule has 3 nitrogen and oxygen atoms in total. The van der Waals surface area contributed by atoms with E-state index in [1.165, 1.54) is 12.1 Å². The predicted molar refractivity (Wildman–Crippen MR) is 73.5 cm³/mol. The van der Waals surface area contributed by atoms with E-state index < -0.39 is 0 Å². The largest absolute Gasteiger partial charge is 0.385 e. The van der Waals surface area contributed by atoms with Crippen LogP contribution in [-0.4, -0.2) is 9.38 Å². The van der Waals surface area contributed by atoms with Crippen LogP contribution in [0.25, 0.3) is 5.65 Å². The molecule has 2 aromatic heterocycles. The van der Waals surface area contributed by atoms with E-state index in [1.54, 1.807) is 12.1 Å². The monoisotopic (exact) mass is 255 g/mol. The van der Waals surface area contributed by atoms with E-state index in [-0.39, 0.29) is 5.82 Å². The number of aromatic nitrogens is 2. The average Bonchev–Trinajstić information content (AvgIpc) is 2.78. The molecule has 0 unspecified atom stereocenters. The molecule has 1 aromatic carbocycles. The van der Waals surface area contributed by atoms with Gasteiger partial charge in [0.05, 0.1) is 5.69 Å². The van der Waals surface area contributed by atoms with Crippen LogP contribution in [0.5, 0.6) is 0 Å². The highest BCUT2D eigenvalue weighted by molar-refractivity contribution is 5.56. The lowest BCUT2D eigenvalue weighted by molar-refractivity contribution is 0.627. The third-order valence-corrected chi connectivity index (χ3v) is 3.15. The van der Waals surface area contributed by atoms with E-state index in [1.807, 2.05) is 29.7 Å². The molecule has 2 heterocycles. The van der Waals surface area contributed by atoms with Gasteiger partial charge in [-0.3, -0.25) is 4.40 Å². The van der Waals surface area contributed by atoms with Gasteiger partial charge < -0.3 is 5.73 Å². The number of nitrogens with two attached hydrogens (primary N) is 1. The standard InChI is InChI=1S/C15H14FN3/c1-10-9-19-14(17)7-4-12(15(19)18-10)8-11-2-5-13(16)6-3-11/h2-7,9H,8,17H2,1H3. The summed E-state index contributed by atoms with van der Waals surface area (Å²) in [5, 5.41) is 0. The number of halogens is 1. The summed E-state index contributed by atoms with van der Waals surface area (Å²) in [7, 11) is 0. The summed E-state index contributed by atoms with van der Waals surface area (Å²) in [6, 6.07) is 10.4. The van der Waals surface area contributed by atoms with Crippen molar-refractivity contribution in [2.24, 2.45) is 0 Å². The average molecular weight is 255 g/mol. The first kappa shape index (κ1) is 11.7. The van der Waals surface area contributed by atoms with Crippen LogP contribution in [0, 0.1) is 12.7 Å². The molecule has 3 rings (SSSR count). The van der Waals surface area contributed by atoms with Crippen LogP contribution < -0.4 is 5.73 Å². The van der Waals surface area contributed by atoms with Crippen molar-refractivity contribution in [2.45, 2.75) is 13.3 Å². The zero-order valence-electron chi connectivity index (χ0n) is 10.6. The summed E-state index contributed by atoms with van der Waals surface area (Å²) in [4.78, 5) is 4.50. The van der Waals surface area contributed by atoms with Crippen molar-refractivity contribution in [2.75, 3.05) is 5.73 Å². The van der Waals surface area contributed by atoms with Gasteiger partial charge in [-0.2, -0.15) is 0 Å². The highest BCUT2D eigenvalue weighted by Gasteiger charge is 2.07. The maximum Gasteiger partial charge on any atom is 0.142 e. The van der Waals surface area contributed by atoms with E-state index in [0.717, 1.165) is 22.5 Å². The van der Waals surface area contributed by atoms with Crippen molar-refractivity contribution in [1.29, 1.82) is 0 Å². The third-order valence-electron chi connectivity index (χ3n) is 3.15. The van der Waals surface area contributed by atoms with Crippen molar-refractivity contribution < 1.29 is 4.39 Å². The molecule has 0 fully saturated rings. The topological polar surface area (TPSA) is 43.3 Å². The normalized spacial score (nSPS) is 11.1. The van der Waals surface area contributed by atoms with Crippen LogP contribution >= 0.6 is 0 Å². The van der Waals surface area contributed by atoms with Gasteiger partial charge >= 0.3 is 0 Å². The van der Waals surface area contributed by atoms with E-state index >= 15 is 0 Å². The SMILES string of the molecule is Cc1cn2c(N)ccc(Cc3ccc(F)cc3)c2n1. The molecule has 0 radical (unpaired) electrons. The number of nitrogens with zero attached hydrogens (tertiary/aromatic N) is 2. The molecule has 0 amide bonds. The second-order valence-electron chi connectivity index (χ2n) is 4.66. The number of anilines is 1. The second-order valence-corrected chi connectivity index (χ2v) is 4.66. The Balaban J connectivity index is 2.05. The summed E-state index contributed by atoms with van der Waals surface area (Å²) < 4.78 is 14.8. The van der Waals surface area contributed by atoms with Crippen LogP contribution in [0.1, 0.15) is 16.8 Å². The molecule has 3 aromatic rings. The van der Waals surface area contributed by atoms with Gasteiger partial charge in [-0.15, -0.1) is 0 Å². The molecule has 0 bridgehead atoms. The first-order valence-corrected chi connectivity index (χ1v) is 6.11. The molecule has 0 aliphatic rings. The third kappa shape index (κ3) is 2.17. The van der Waals surface area contributed by atoms with Gasteiger partial charge in [-0.1, -0.05) is 18.2 Å². The fraction of sp³-hybridized carbons (Fsp3) is 0.133. The minimum atomic E-state index is -0.220. The van der Waals surface area contributed by atoms with E-state index in [9.17, 15) is 4.39 Å². The van der Waals surface area contributed by atoms with Crippen molar-refractivity contribution in [3.8, 4) is 0 Å². The summed E-state index contributed by atoms with van der Waals surface area (Å²) >= 11 is 0. The number of nitrogen functional groups attached to an aromatic ring is 1. The maximum absolute atomic E-state index is 12.9. The number of aryl methyl sites for hydroxylation is 1. The lowest BCUT2D eigenvalue weighted by Crippen LogP contribution is -1.99. The molecule has 19 heavy (non-hydrogen) atoms. The Morgan fingerprint density at radius 3 is 2.63 bits per heavy atom. The zero-order chi connectivity index (χ0) is 13.4. The molecule has 4 heteroatoms. The maximum atomic E-state index is 12.9. The summed E-state index contributed by atoms with van der Waals surface area (Å²) in [5.74, 6) is 0.446. The van der Waals surface area contributed by atoms with Gasteiger partial charge in [0, 0.05) is 12.6 Å². The van der Waals surface area contributed by atoms with Crippen LogP contribution in [0.4, 0.5) is 10.2 Å². The highest BCUT2D eigenvalue weighted by atomic mass is 19.1. The Kier molecular flexibility index (Phi) is 2.71. The van der Waals surface area contributed by atoms with Gasteiger partial charge in [0.15, 0.2) is 0 Å². The Morgan fingerprint density at radius 2 is 1.89 bits per heavy atom. The summed E-state index contributed by atoms with van der Waals surface area (Å²) in [6.45, 7) is 1.94. The van der Waals surface area contributed by atoms with Crippen LogP contribution in [0.3, 0.4) is 0 Å². The molecule has 0 atom stereocenters. The summed E-state index contributed by atoms with van der Waals surface area (Å²) in [6.07, 6.45) is 2.62. The number of rotatable bonds is 2. The number of benzene rings is 1. The molecule has 0 aliphatic heterocycles. The van der Waals surface area contributed by atoms with Gasteiger partial charge in [0.2, 0.25) is 0 Å². The number of fused-ring (bicyclic) bond motifs is 1. The van der Waals surface area contributed by atoms with Crippen LogP contribution in [0.15, 0.2) is 42.6 Å². The molecular formula is C15H14FN3. The first-order valence-electron chi connectivity index (χ1n) is 6.11. The van der Waals surface area contributed by atoms with E-state index in [2.05, 4.69) is 4.98 Å². The van der Waals surface area contributed by atoms with Crippen molar-refractivity contribution >= 4 is 11.5 Å². The van der Waals surface area contributed by atoms with E-state index in [0.29, 0.717) is 12.2 Å². The lowest BCUT2D eigenvalue weighted by Gasteiger charge is -2.06. The van der Waals surface area contributed by atoms with Gasteiger partial charge in [-0.25, -0.2) is 9.37 Å². The van der Waals surface area contributed by atoms with Crippen molar-refractivity contribution in [1.82, 2.24) is 9.38 Å². The number of imidazole rings is 1. The highest BCUT2D eigenvalue weighted by Crippen LogP contribution is 2.19. The number of hydrogen-bond donors (Lipinski definition) is 1. The van der Waals surface area contributed by atoms with Crippen molar-refractivity contribution in [3.05, 3.63) is 65.2 Å². The lowest BCUT2D eigenvalue weighted by atomic mass is 10.1. The minimum Gasteiger partial charge on any atom is -0.385 e. The number of hydrogen-bond acceptors (Lipinski definition) is 2. The van der Waals surface area contributed by atoms with Gasteiger partial charge in [0.25, 0.3) is 0 Å². The van der Waals surface area contributed by atoms with Crippen molar-refractivity contribution in [3.63, 3.8) is 0 Å². The molecular weight excluding hydrogens is 241 g/mol. The molecule has 2 N–H and O–H groups in total. The van der Waals surface area contributed by atoms with Crippen LogP contribution in [-0.2, 0) is 6.42 Å². The smallest absolute Gasteiger partial charge is 0.142 e. The molecule has 0 saturated carbocycles. The second kappa shape index (κ2) is 4.39. The Hall–Kier alpha value is -2.36. The van der Waals surface area contributed by atoms with Gasteiger partial charge in [0.1, 0.15) is 17.3 Å². The Labute approximate surface area is 110 Å². The fourth-order valence-corrected chi connectivity index (χ4v) is 2.22. The van der Waals surface area contributed by atoms with Crippen LogP contribution in [0.2, 0.25) is 0 Å². The quantitative estimate of drug-likeness (QED) is 0.765. The summed E-state index contributed by atoms with van der Waals surface area (Å²) in [5.41, 5.74) is 9.84.